The van der Waals surface area contributed by atoms with Gasteiger partial charge in [0, 0.05) is 16.7 Å². The maximum atomic E-state index is 9.15. The summed E-state index contributed by atoms with van der Waals surface area (Å²) in [5.74, 6) is 4.76. The molecule has 260 valence electrons. The molecule has 0 N–H and O–H groups in total. The summed E-state index contributed by atoms with van der Waals surface area (Å²) in [6.45, 7) is 0. The molecule has 4 nitrogen and oxygen atoms in total. The molecule has 4 aliphatic carbocycles. The largest absolute Gasteiger partial charge is 0.208 e. The summed E-state index contributed by atoms with van der Waals surface area (Å²) in [6, 6.07) is 55.2. The van der Waals surface area contributed by atoms with Gasteiger partial charge in [-0.25, -0.2) is 15.0 Å². The van der Waals surface area contributed by atoms with E-state index in [9.17, 15) is 0 Å². The van der Waals surface area contributed by atoms with E-state index in [1.165, 1.54) is 44.1 Å². The van der Waals surface area contributed by atoms with Gasteiger partial charge in [0.15, 0.2) is 17.5 Å². The zero-order chi connectivity index (χ0) is 36.1. The molecule has 0 spiro atoms. The van der Waals surface area contributed by atoms with Gasteiger partial charge < -0.3 is 0 Å². The van der Waals surface area contributed by atoms with Gasteiger partial charge in [0.1, 0.15) is 0 Å². The summed E-state index contributed by atoms with van der Waals surface area (Å²) >= 11 is 0. The van der Waals surface area contributed by atoms with Crippen LogP contribution in [-0.4, -0.2) is 15.0 Å². The average molecular weight is 697 g/mol. The highest BCUT2D eigenvalue weighted by molar-refractivity contribution is 5.82. The van der Waals surface area contributed by atoms with Crippen molar-refractivity contribution in [3.63, 3.8) is 0 Å². The maximum absolute atomic E-state index is 9.15. The van der Waals surface area contributed by atoms with E-state index in [2.05, 4.69) is 115 Å². The second-order valence-electron chi connectivity index (χ2n) is 15.8. The van der Waals surface area contributed by atoms with Crippen molar-refractivity contribution in [2.75, 3.05) is 0 Å². The van der Waals surface area contributed by atoms with E-state index in [0.717, 1.165) is 62.3 Å². The molecule has 0 aliphatic heterocycles. The third-order valence-corrected chi connectivity index (χ3v) is 12.4. The number of nitriles is 1. The fraction of sp³-hybridized carbons (Fsp3) is 0.200. The Kier molecular flexibility index (Phi) is 8.02. The summed E-state index contributed by atoms with van der Waals surface area (Å²) in [6.07, 6.45) is 8.50. The first-order valence-electron chi connectivity index (χ1n) is 19.3. The third kappa shape index (κ3) is 6.00. The molecule has 11 rings (SSSR count). The quantitative estimate of drug-likeness (QED) is 0.166. The van der Waals surface area contributed by atoms with Crippen LogP contribution in [0.3, 0.4) is 0 Å². The zero-order valence-corrected chi connectivity index (χ0v) is 30.2. The number of hydrogen-bond acceptors (Lipinski definition) is 4. The van der Waals surface area contributed by atoms with E-state index in [1.807, 2.05) is 42.5 Å². The highest BCUT2D eigenvalue weighted by atomic mass is 15.0. The summed E-state index contributed by atoms with van der Waals surface area (Å²) in [4.78, 5) is 15.3. The number of nitrogens with zero attached hydrogens (tertiary/aromatic N) is 4. The Labute approximate surface area is 317 Å². The predicted octanol–water partition coefficient (Wildman–Crippen LogP) is 12.2. The van der Waals surface area contributed by atoms with Crippen LogP contribution in [0.5, 0.6) is 0 Å². The fourth-order valence-electron chi connectivity index (χ4n) is 10.1. The van der Waals surface area contributed by atoms with E-state index >= 15 is 0 Å². The maximum Gasteiger partial charge on any atom is 0.164 e. The Morgan fingerprint density at radius 1 is 0.407 bits per heavy atom. The van der Waals surface area contributed by atoms with E-state index in [0.29, 0.717) is 28.5 Å². The molecule has 0 unspecified atom stereocenters. The Morgan fingerprint density at radius 2 is 0.815 bits per heavy atom. The van der Waals surface area contributed by atoms with Crippen LogP contribution in [0.4, 0.5) is 0 Å². The molecule has 1 heterocycles. The molecule has 4 fully saturated rings. The van der Waals surface area contributed by atoms with Crippen LogP contribution in [0.15, 0.2) is 152 Å². The predicted molar refractivity (Wildman–Crippen MR) is 217 cm³/mol. The molecule has 6 aromatic carbocycles. The first-order chi connectivity index (χ1) is 26.6. The third-order valence-electron chi connectivity index (χ3n) is 12.4. The molecule has 0 atom stereocenters. The number of aromatic nitrogens is 3. The second-order valence-corrected chi connectivity index (χ2v) is 15.8. The van der Waals surface area contributed by atoms with E-state index in [-0.39, 0.29) is 0 Å². The van der Waals surface area contributed by atoms with Crippen molar-refractivity contribution in [1.82, 2.24) is 15.0 Å². The number of rotatable bonds is 7. The van der Waals surface area contributed by atoms with Gasteiger partial charge in [-0.1, -0.05) is 140 Å². The Morgan fingerprint density at radius 3 is 1.33 bits per heavy atom. The minimum atomic E-state index is 0.381. The lowest BCUT2D eigenvalue weighted by atomic mass is 9.48. The normalized spacial score (nSPS) is 21.1. The average Bonchev–Trinajstić information content (AvgIpc) is 3.23. The van der Waals surface area contributed by atoms with Gasteiger partial charge in [-0.15, -0.1) is 0 Å². The molecule has 0 radical (unpaired) electrons. The lowest BCUT2D eigenvalue weighted by Crippen LogP contribution is -2.48. The van der Waals surface area contributed by atoms with E-state index in [4.69, 9.17) is 20.2 Å². The summed E-state index contributed by atoms with van der Waals surface area (Å²) < 4.78 is 0. The highest BCUT2D eigenvalue weighted by Gasteiger charge is 2.51. The summed E-state index contributed by atoms with van der Waals surface area (Å²) in [5, 5.41) is 9.15. The van der Waals surface area contributed by atoms with Crippen LogP contribution in [0, 0.1) is 29.1 Å². The van der Waals surface area contributed by atoms with Crippen LogP contribution in [0.2, 0.25) is 0 Å². The molecule has 4 saturated carbocycles. The molecular formula is C50H40N4. The van der Waals surface area contributed by atoms with Gasteiger partial charge in [-0.05, 0) is 113 Å². The molecule has 7 aromatic rings. The number of benzene rings is 6. The highest BCUT2D eigenvalue weighted by Crippen LogP contribution is 2.60. The molecule has 0 amide bonds. The van der Waals surface area contributed by atoms with Gasteiger partial charge in [0.05, 0.1) is 11.6 Å². The Hall–Kier alpha value is -6.18. The SMILES string of the molecule is N#Cc1ccc(-c2ccc(-c3ccc(-c4nc(-c5ccccc5)nc(-c5ccccc5-c5ccc(C67CC8CC(CC(C8)C6)C7)cc5)n4)cc3)cc2)cc1. The summed E-state index contributed by atoms with van der Waals surface area (Å²) in [7, 11) is 0. The van der Waals surface area contributed by atoms with E-state index in [1.54, 1.807) is 5.56 Å². The topological polar surface area (TPSA) is 62.5 Å². The van der Waals surface area contributed by atoms with Gasteiger partial charge in [0.25, 0.3) is 0 Å². The summed E-state index contributed by atoms with van der Waals surface area (Å²) in [5.41, 5.74) is 12.3. The zero-order valence-electron chi connectivity index (χ0n) is 30.2. The Bertz CT molecular complexity index is 2460. The smallest absolute Gasteiger partial charge is 0.164 e. The molecule has 1 aromatic heterocycles. The van der Waals surface area contributed by atoms with Crippen LogP contribution in [0.25, 0.3) is 67.5 Å². The molecule has 4 heteroatoms. The minimum Gasteiger partial charge on any atom is -0.208 e. The molecular weight excluding hydrogens is 657 g/mol. The monoisotopic (exact) mass is 696 g/mol. The van der Waals surface area contributed by atoms with Gasteiger partial charge in [-0.3, -0.25) is 0 Å². The standard InChI is InChI=1S/C50H40N4/c51-32-33-10-12-37(13-11-33)38-14-16-39(17-15-38)40-18-20-43(21-19-40)48-52-47(42-6-2-1-3-7-42)53-49(54-48)46-9-5-4-8-45(46)41-22-24-44(25-23-41)50-29-34-26-35(30-50)28-36(27-34)31-50/h1-25,34-36H,26-31H2. The van der Waals surface area contributed by atoms with Crippen molar-refractivity contribution >= 4 is 0 Å². The van der Waals surface area contributed by atoms with Crippen molar-refractivity contribution in [3.8, 4) is 73.6 Å². The van der Waals surface area contributed by atoms with Gasteiger partial charge >= 0.3 is 0 Å². The molecule has 4 bridgehead atoms. The number of hydrogen-bond donors (Lipinski definition) is 0. The van der Waals surface area contributed by atoms with Gasteiger partial charge in [0.2, 0.25) is 0 Å². The van der Waals surface area contributed by atoms with Crippen molar-refractivity contribution in [1.29, 1.82) is 5.26 Å². The van der Waals surface area contributed by atoms with E-state index < -0.39 is 0 Å². The van der Waals surface area contributed by atoms with Crippen LogP contribution < -0.4 is 0 Å². The first-order valence-corrected chi connectivity index (χ1v) is 19.3. The van der Waals surface area contributed by atoms with Crippen molar-refractivity contribution < 1.29 is 0 Å². The molecule has 54 heavy (non-hydrogen) atoms. The van der Waals surface area contributed by atoms with Crippen molar-refractivity contribution in [2.45, 2.75) is 43.9 Å². The fourth-order valence-corrected chi connectivity index (χ4v) is 10.1. The lowest BCUT2D eigenvalue weighted by molar-refractivity contribution is -0.00518. The van der Waals surface area contributed by atoms with Gasteiger partial charge in [-0.2, -0.15) is 5.26 Å². The van der Waals surface area contributed by atoms with Crippen molar-refractivity contribution in [3.05, 3.63) is 163 Å². The van der Waals surface area contributed by atoms with Crippen molar-refractivity contribution in [2.24, 2.45) is 17.8 Å². The molecule has 4 aliphatic rings. The van der Waals surface area contributed by atoms with Crippen LogP contribution in [-0.2, 0) is 5.41 Å². The van der Waals surface area contributed by atoms with Crippen LogP contribution in [0.1, 0.15) is 49.7 Å². The van der Waals surface area contributed by atoms with Crippen LogP contribution >= 0.6 is 0 Å². The minimum absolute atomic E-state index is 0.381. The Balaban J connectivity index is 0.976. The lowest BCUT2D eigenvalue weighted by Gasteiger charge is -2.57. The first kappa shape index (κ1) is 32.5. The second kappa shape index (κ2) is 13.3. The molecule has 0 saturated heterocycles.